The SMILES string of the molecule is CC1(C)c2ccccc2-c2c(N(c3ccc(-c4ccccc4)cc3)c3cccc4oc5c(-c6ccc(-n7c8ccccc8c8cc(-c9ccc%10oc%11ccccc%11c%10c9)ccc87)cc6)cccc5c34)cccc21. The number of rotatable bonds is 7. The van der Waals surface area contributed by atoms with Crippen LogP contribution < -0.4 is 4.90 Å². The first-order chi connectivity index (χ1) is 36.0. The Morgan fingerprint density at radius 1 is 0.370 bits per heavy atom. The van der Waals surface area contributed by atoms with E-state index in [1.165, 1.54) is 55.2 Å². The van der Waals surface area contributed by atoms with E-state index in [1.54, 1.807) is 0 Å². The average Bonchev–Trinajstić information content (AvgIpc) is 4.19. The molecule has 4 heteroatoms. The van der Waals surface area contributed by atoms with Gasteiger partial charge in [-0.3, -0.25) is 0 Å². The van der Waals surface area contributed by atoms with Crippen molar-refractivity contribution in [3.8, 4) is 50.2 Å². The molecule has 73 heavy (non-hydrogen) atoms. The number of hydrogen-bond acceptors (Lipinski definition) is 3. The van der Waals surface area contributed by atoms with Gasteiger partial charge in [-0.25, -0.2) is 0 Å². The van der Waals surface area contributed by atoms with Crippen molar-refractivity contribution < 1.29 is 8.83 Å². The van der Waals surface area contributed by atoms with Crippen molar-refractivity contribution >= 4 is 82.7 Å². The van der Waals surface area contributed by atoms with Crippen molar-refractivity contribution in [1.82, 2.24) is 4.57 Å². The predicted molar refractivity (Wildman–Crippen MR) is 304 cm³/mol. The second kappa shape index (κ2) is 15.8. The van der Waals surface area contributed by atoms with Gasteiger partial charge in [0.15, 0.2) is 0 Å². The molecule has 0 bridgehead atoms. The average molecular weight is 935 g/mol. The zero-order chi connectivity index (χ0) is 48.4. The summed E-state index contributed by atoms with van der Waals surface area (Å²) in [7, 11) is 0. The van der Waals surface area contributed by atoms with E-state index in [9.17, 15) is 0 Å². The number of fused-ring (bicyclic) bond motifs is 12. The fourth-order valence-corrected chi connectivity index (χ4v) is 12.1. The Hall–Kier alpha value is -9.38. The minimum atomic E-state index is -0.151. The summed E-state index contributed by atoms with van der Waals surface area (Å²) in [5.74, 6) is 0. The van der Waals surface area contributed by atoms with Gasteiger partial charge in [0.25, 0.3) is 0 Å². The third-order valence-electron chi connectivity index (χ3n) is 15.6. The smallest absolute Gasteiger partial charge is 0.143 e. The molecule has 0 radical (unpaired) electrons. The Morgan fingerprint density at radius 3 is 1.82 bits per heavy atom. The van der Waals surface area contributed by atoms with Gasteiger partial charge in [0, 0.05) is 54.8 Å². The summed E-state index contributed by atoms with van der Waals surface area (Å²) in [5.41, 5.74) is 22.2. The molecule has 0 N–H and O–H groups in total. The predicted octanol–water partition coefficient (Wildman–Crippen LogP) is 19.4. The second-order valence-electron chi connectivity index (χ2n) is 20.0. The number of para-hydroxylation sites is 3. The van der Waals surface area contributed by atoms with Gasteiger partial charge in [-0.15, -0.1) is 0 Å². The largest absolute Gasteiger partial charge is 0.456 e. The molecule has 0 spiro atoms. The molecule has 4 nitrogen and oxygen atoms in total. The van der Waals surface area contributed by atoms with Gasteiger partial charge >= 0.3 is 0 Å². The Balaban J connectivity index is 0.848. The minimum absolute atomic E-state index is 0.151. The molecule has 1 aliphatic carbocycles. The maximum absolute atomic E-state index is 7.03. The van der Waals surface area contributed by atoms with Crippen molar-refractivity contribution in [2.24, 2.45) is 0 Å². The van der Waals surface area contributed by atoms with Crippen molar-refractivity contribution in [2.75, 3.05) is 4.90 Å². The van der Waals surface area contributed by atoms with Gasteiger partial charge in [-0.1, -0.05) is 178 Å². The van der Waals surface area contributed by atoms with Crippen LogP contribution in [0, 0.1) is 0 Å². The first kappa shape index (κ1) is 41.4. The van der Waals surface area contributed by atoms with Gasteiger partial charge in [-0.05, 0) is 123 Å². The van der Waals surface area contributed by atoms with E-state index < -0.39 is 0 Å². The molecule has 0 saturated heterocycles. The molecule has 15 rings (SSSR count). The number of aromatic nitrogens is 1. The quantitative estimate of drug-likeness (QED) is 0.160. The maximum Gasteiger partial charge on any atom is 0.143 e. The Morgan fingerprint density at radius 2 is 0.959 bits per heavy atom. The Bertz CT molecular complexity index is 4510. The summed E-state index contributed by atoms with van der Waals surface area (Å²) in [6, 6.07) is 87.8. The van der Waals surface area contributed by atoms with Gasteiger partial charge in [0.1, 0.15) is 22.3 Å². The molecular formula is C69H46N2O2. The molecule has 0 amide bonds. The summed E-state index contributed by atoms with van der Waals surface area (Å²) >= 11 is 0. The second-order valence-corrected chi connectivity index (χ2v) is 20.0. The van der Waals surface area contributed by atoms with Gasteiger partial charge in [-0.2, -0.15) is 0 Å². The highest BCUT2D eigenvalue weighted by atomic mass is 16.3. The van der Waals surface area contributed by atoms with Gasteiger partial charge in [0.2, 0.25) is 0 Å². The van der Waals surface area contributed by atoms with Crippen LogP contribution >= 0.6 is 0 Å². The summed E-state index contributed by atoms with van der Waals surface area (Å²) < 4.78 is 15.6. The molecule has 0 atom stereocenters. The van der Waals surface area contributed by atoms with Crippen LogP contribution in [0.5, 0.6) is 0 Å². The third-order valence-corrected chi connectivity index (χ3v) is 15.6. The van der Waals surface area contributed by atoms with E-state index in [1.807, 2.05) is 12.1 Å². The zero-order valence-electron chi connectivity index (χ0n) is 40.3. The number of nitrogens with zero attached hydrogens (tertiary/aromatic N) is 2. The van der Waals surface area contributed by atoms with Crippen LogP contribution in [0.4, 0.5) is 17.1 Å². The molecule has 0 aliphatic heterocycles. The molecule has 344 valence electrons. The topological polar surface area (TPSA) is 34.5 Å². The summed E-state index contributed by atoms with van der Waals surface area (Å²) in [5, 5.41) is 6.85. The standard InChI is InChI=1S/C69H46N2O2/c1-69(2)57-22-9-6-19-53(57)66-58(69)23-13-25-61(66)71(49-35-29-44(30-36-49)43-15-4-3-5-16-43)62-26-14-28-65-67(62)54-21-12-20-50(68(54)73-65)45-31-37-48(38-32-45)70-59-24-10-7-17-51(59)55-41-46(33-39-60(55)70)47-34-40-64-56(42-47)52-18-8-11-27-63(52)72-64/h3-42H,1-2H3. The van der Waals surface area contributed by atoms with Crippen molar-refractivity contribution in [2.45, 2.75) is 19.3 Å². The summed E-state index contributed by atoms with van der Waals surface area (Å²) in [6.07, 6.45) is 0. The van der Waals surface area contributed by atoms with E-state index in [4.69, 9.17) is 8.83 Å². The fourth-order valence-electron chi connectivity index (χ4n) is 12.1. The molecule has 0 fully saturated rings. The molecule has 0 saturated carbocycles. The van der Waals surface area contributed by atoms with Crippen molar-refractivity contribution in [3.63, 3.8) is 0 Å². The van der Waals surface area contributed by atoms with E-state index in [2.05, 4.69) is 254 Å². The molecular weight excluding hydrogens is 889 g/mol. The van der Waals surface area contributed by atoms with Crippen molar-refractivity contribution in [1.29, 1.82) is 0 Å². The van der Waals surface area contributed by atoms with E-state index in [-0.39, 0.29) is 5.41 Å². The fraction of sp³-hybridized carbons (Fsp3) is 0.0435. The lowest BCUT2D eigenvalue weighted by Crippen LogP contribution is -2.16. The van der Waals surface area contributed by atoms with Crippen LogP contribution in [0.2, 0.25) is 0 Å². The van der Waals surface area contributed by atoms with E-state index in [0.717, 1.165) is 88.8 Å². The molecule has 11 aromatic carbocycles. The van der Waals surface area contributed by atoms with Crippen LogP contribution in [-0.2, 0) is 5.41 Å². The highest BCUT2D eigenvalue weighted by Crippen LogP contribution is 2.55. The highest BCUT2D eigenvalue weighted by Gasteiger charge is 2.38. The normalized spacial score (nSPS) is 12.9. The van der Waals surface area contributed by atoms with Crippen LogP contribution in [0.1, 0.15) is 25.0 Å². The maximum atomic E-state index is 7.03. The van der Waals surface area contributed by atoms with Crippen LogP contribution in [-0.4, -0.2) is 4.57 Å². The monoisotopic (exact) mass is 934 g/mol. The third kappa shape index (κ3) is 6.27. The van der Waals surface area contributed by atoms with Crippen LogP contribution in [0.25, 0.3) is 116 Å². The number of furan rings is 2. The minimum Gasteiger partial charge on any atom is -0.456 e. The molecule has 0 unspecified atom stereocenters. The lowest BCUT2D eigenvalue weighted by Gasteiger charge is -2.29. The lowest BCUT2D eigenvalue weighted by molar-refractivity contribution is 0.660. The summed E-state index contributed by atoms with van der Waals surface area (Å²) in [6.45, 7) is 4.70. The molecule has 3 heterocycles. The summed E-state index contributed by atoms with van der Waals surface area (Å²) in [4.78, 5) is 2.46. The van der Waals surface area contributed by atoms with Crippen LogP contribution in [0.3, 0.4) is 0 Å². The number of anilines is 3. The molecule has 3 aromatic heterocycles. The zero-order valence-corrected chi connectivity index (χ0v) is 40.3. The lowest BCUT2D eigenvalue weighted by atomic mass is 9.82. The first-order valence-electron chi connectivity index (χ1n) is 25.2. The van der Waals surface area contributed by atoms with E-state index >= 15 is 0 Å². The highest BCUT2D eigenvalue weighted by molar-refractivity contribution is 6.17. The number of benzene rings is 11. The molecule has 14 aromatic rings. The van der Waals surface area contributed by atoms with E-state index in [0.29, 0.717) is 0 Å². The molecule has 1 aliphatic rings. The number of hydrogen-bond donors (Lipinski definition) is 0. The Kier molecular flexibility index (Phi) is 8.97. The van der Waals surface area contributed by atoms with Crippen LogP contribution in [0.15, 0.2) is 251 Å². The first-order valence-corrected chi connectivity index (χ1v) is 25.2. The van der Waals surface area contributed by atoms with Crippen molar-refractivity contribution in [3.05, 3.63) is 254 Å². The Labute approximate surface area is 422 Å². The van der Waals surface area contributed by atoms with Gasteiger partial charge < -0.3 is 18.3 Å². The van der Waals surface area contributed by atoms with Gasteiger partial charge in [0.05, 0.1) is 27.8 Å².